The molecule has 144 valence electrons. The number of amides is 2. The van der Waals surface area contributed by atoms with E-state index in [0.717, 1.165) is 12.8 Å². The first-order valence-corrected chi connectivity index (χ1v) is 9.85. The molecule has 4 nitrogen and oxygen atoms in total. The molecule has 0 saturated heterocycles. The van der Waals surface area contributed by atoms with Crippen LogP contribution in [0.1, 0.15) is 78.6 Å². The fraction of sp³-hybridized carbons (Fsp3) is 0.714. The first-order chi connectivity index (χ1) is 12.0. The van der Waals surface area contributed by atoms with Gasteiger partial charge in [-0.1, -0.05) is 57.3 Å². The Hall–Kier alpha value is -1.58. The number of carbonyl (C=O) groups is 2. The summed E-state index contributed by atoms with van der Waals surface area (Å²) in [5, 5.41) is 0. The summed E-state index contributed by atoms with van der Waals surface area (Å²) in [6.45, 7) is 10.9. The van der Waals surface area contributed by atoms with Gasteiger partial charge in [0.2, 0.25) is 11.8 Å². The van der Waals surface area contributed by atoms with Crippen molar-refractivity contribution >= 4 is 11.8 Å². The molecule has 0 aliphatic heterocycles. The van der Waals surface area contributed by atoms with Crippen LogP contribution in [0.3, 0.4) is 0 Å². The van der Waals surface area contributed by atoms with E-state index < -0.39 is 11.3 Å². The van der Waals surface area contributed by atoms with Crippen molar-refractivity contribution in [3.63, 3.8) is 0 Å². The van der Waals surface area contributed by atoms with E-state index >= 15 is 0 Å². The van der Waals surface area contributed by atoms with E-state index in [1.165, 1.54) is 32.1 Å². The number of allylic oxidation sites excluding steroid dienone is 3. The lowest BCUT2D eigenvalue weighted by Gasteiger charge is -2.32. The second kappa shape index (κ2) is 13.7. The minimum Gasteiger partial charge on any atom is -0.369 e. The number of primary amides is 1. The summed E-state index contributed by atoms with van der Waals surface area (Å²) in [6.07, 6.45) is 14.8. The van der Waals surface area contributed by atoms with Gasteiger partial charge in [0, 0.05) is 13.1 Å². The fourth-order valence-corrected chi connectivity index (χ4v) is 3.07. The molecule has 2 N–H and O–H groups in total. The minimum absolute atomic E-state index is 0.186. The first-order valence-electron chi connectivity index (χ1n) is 9.85. The Morgan fingerprint density at radius 3 is 2.08 bits per heavy atom. The number of rotatable bonds is 15. The first kappa shape index (κ1) is 23.4. The van der Waals surface area contributed by atoms with Crippen molar-refractivity contribution in [2.45, 2.75) is 78.6 Å². The van der Waals surface area contributed by atoms with Crippen LogP contribution in [0.25, 0.3) is 0 Å². The van der Waals surface area contributed by atoms with Crippen molar-refractivity contribution in [3.8, 4) is 0 Å². The third-order valence-corrected chi connectivity index (χ3v) is 4.78. The lowest BCUT2D eigenvalue weighted by molar-refractivity contribution is -0.148. The predicted molar refractivity (Wildman–Crippen MR) is 106 cm³/mol. The van der Waals surface area contributed by atoms with E-state index in [1.807, 2.05) is 19.9 Å². The molecular weight excluding hydrogens is 312 g/mol. The van der Waals surface area contributed by atoms with Crippen molar-refractivity contribution < 1.29 is 9.59 Å². The zero-order valence-corrected chi connectivity index (χ0v) is 16.6. The van der Waals surface area contributed by atoms with Gasteiger partial charge in [-0.3, -0.25) is 9.59 Å². The van der Waals surface area contributed by atoms with Crippen LogP contribution in [0, 0.1) is 5.41 Å². The summed E-state index contributed by atoms with van der Waals surface area (Å²) in [5.41, 5.74) is 4.44. The van der Waals surface area contributed by atoms with Gasteiger partial charge in [-0.2, -0.15) is 0 Å². The number of hydrogen-bond acceptors (Lipinski definition) is 2. The molecule has 0 radical (unpaired) electrons. The third-order valence-electron chi connectivity index (χ3n) is 4.78. The Balaban J connectivity index is 4.74. The zero-order chi connectivity index (χ0) is 19.1. The summed E-state index contributed by atoms with van der Waals surface area (Å²) in [7, 11) is 0. The van der Waals surface area contributed by atoms with Gasteiger partial charge in [0.1, 0.15) is 5.41 Å². The standard InChI is InChI=1S/C21H38N2O2/c1-5-9-10-11-12-13-14-15-16-18-21(17-6-2,19(22)24)20(25)23(7-3)8-4/h6,15-16H,2,5,7-14,17-18H2,1,3-4H3,(H2,22,24). The number of nitrogens with two attached hydrogens (primary N) is 1. The third kappa shape index (κ3) is 7.89. The van der Waals surface area contributed by atoms with Gasteiger partial charge in [0.05, 0.1) is 0 Å². The Morgan fingerprint density at radius 1 is 0.960 bits per heavy atom. The molecule has 1 atom stereocenters. The Labute approximate surface area is 154 Å². The van der Waals surface area contributed by atoms with Crippen LogP contribution in [0.15, 0.2) is 24.8 Å². The van der Waals surface area contributed by atoms with E-state index in [-0.39, 0.29) is 12.3 Å². The highest BCUT2D eigenvalue weighted by atomic mass is 16.2. The second-order valence-electron chi connectivity index (χ2n) is 6.65. The molecule has 0 rings (SSSR count). The van der Waals surface area contributed by atoms with Crippen LogP contribution >= 0.6 is 0 Å². The number of unbranched alkanes of at least 4 members (excludes halogenated alkanes) is 6. The average Bonchev–Trinajstić information content (AvgIpc) is 2.60. The molecule has 2 amide bonds. The molecule has 0 aromatic heterocycles. The smallest absolute Gasteiger partial charge is 0.238 e. The number of nitrogens with zero attached hydrogens (tertiary/aromatic N) is 1. The lowest BCUT2D eigenvalue weighted by Crippen LogP contribution is -2.51. The van der Waals surface area contributed by atoms with Crippen LogP contribution in [0.5, 0.6) is 0 Å². The maximum Gasteiger partial charge on any atom is 0.238 e. The molecule has 0 bridgehead atoms. The molecule has 0 spiro atoms. The van der Waals surface area contributed by atoms with Gasteiger partial charge in [0.15, 0.2) is 0 Å². The molecule has 0 saturated carbocycles. The van der Waals surface area contributed by atoms with Gasteiger partial charge in [0.25, 0.3) is 0 Å². The molecule has 0 aliphatic rings. The van der Waals surface area contributed by atoms with Crippen LogP contribution in [0.2, 0.25) is 0 Å². The monoisotopic (exact) mass is 350 g/mol. The predicted octanol–water partition coefficient (Wildman–Crippen LogP) is 4.60. The molecule has 0 aromatic carbocycles. The van der Waals surface area contributed by atoms with E-state index in [1.54, 1.807) is 11.0 Å². The topological polar surface area (TPSA) is 63.4 Å². The van der Waals surface area contributed by atoms with Gasteiger partial charge < -0.3 is 10.6 Å². The Bertz CT molecular complexity index is 428. The lowest BCUT2D eigenvalue weighted by atomic mass is 9.78. The number of hydrogen-bond donors (Lipinski definition) is 1. The van der Waals surface area contributed by atoms with Crippen LogP contribution in [-0.4, -0.2) is 29.8 Å². The Kier molecular flexibility index (Phi) is 12.8. The molecule has 0 fully saturated rings. The van der Waals surface area contributed by atoms with E-state index in [0.29, 0.717) is 19.5 Å². The molecule has 4 heteroatoms. The quantitative estimate of drug-likeness (QED) is 0.266. The second-order valence-corrected chi connectivity index (χ2v) is 6.65. The van der Waals surface area contributed by atoms with Crippen molar-refractivity contribution in [3.05, 3.63) is 24.8 Å². The SMILES string of the molecule is C=CCC(CC=CCCCCCCCC)(C(N)=O)C(=O)N(CC)CC. The normalized spacial score (nSPS) is 13.6. The van der Waals surface area contributed by atoms with Crippen LogP contribution in [0.4, 0.5) is 0 Å². The van der Waals surface area contributed by atoms with Crippen molar-refractivity contribution in [1.82, 2.24) is 4.90 Å². The molecule has 0 heterocycles. The fourth-order valence-electron chi connectivity index (χ4n) is 3.07. The van der Waals surface area contributed by atoms with Gasteiger partial charge in [-0.05, 0) is 39.5 Å². The summed E-state index contributed by atoms with van der Waals surface area (Å²) in [4.78, 5) is 26.7. The minimum atomic E-state index is -1.20. The highest BCUT2D eigenvalue weighted by Gasteiger charge is 2.44. The number of carbonyl (C=O) groups excluding carboxylic acids is 2. The summed E-state index contributed by atoms with van der Waals surface area (Å²) in [5.74, 6) is -0.748. The average molecular weight is 351 g/mol. The maximum atomic E-state index is 12.9. The van der Waals surface area contributed by atoms with E-state index in [9.17, 15) is 9.59 Å². The summed E-state index contributed by atoms with van der Waals surface area (Å²) >= 11 is 0. The molecule has 1 unspecified atom stereocenters. The highest BCUT2D eigenvalue weighted by Crippen LogP contribution is 2.30. The summed E-state index contributed by atoms with van der Waals surface area (Å²) < 4.78 is 0. The van der Waals surface area contributed by atoms with E-state index in [2.05, 4.69) is 19.6 Å². The van der Waals surface area contributed by atoms with Gasteiger partial charge >= 0.3 is 0 Å². The van der Waals surface area contributed by atoms with Crippen molar-refractivity contribution in [2.75, 3.05) is 13.1 Å². The zero-order valence-electron chi connectivity index (χ0n) is 16.6. The molecule has 25 heavy (non-hydrogen) atoms. The van der Waals surface area contributed by atoms with Crippen LogP contribution in [-0.2, 0) is 9.59 Å². The van der Waals surface area contributed by atoms with Gasteiger partial charge in [-0.25, -0.2) is 0 Å². The van der Waals surface area contributed by atoms with Crippen LogP contribution < -0.4 is 5.73 Å². The molecular formula is C21H38N2O2. The summed E-state index contributed by atoms with van der Waals surface area (Å²) in [6, 6.07) is 0. The van der Waals surface area contributed by atoms with Crippen molar-refractivity contribution in [1.29, 1.82) is 0 Å². The maximum absolute atomic E-state index is 12.9. The molecule has 0 aromatic rings. The highest BCUT2D eigenvalue weighted by molar-refractivity contribution is 6.04. The van der Waals surface area contributed by atoms with E-state index in [4.69, 9.17) is 5.73 Å². The largest absolute Gasteiger partial charge is 0.369 e. The van der Waals surface area contributed by atoms with Gasteiger partial charge in [-0.15, -0.1) is 6.58 Å². The Morgan fingerprint density at radius 2 is 1.56 bits per heavy atom. The molecule has 0 aliphatic carbocycles. The van der Waals surface area contributed by atoms with Crippen molar-refractivity contribution in [2.24, 2.45) is 11.1 Å².